The summed E-state index contributed by atoms with van der Waals surface area (Å²) in [5.74, 6) is -3.70. The van der Waals surface area contributed by atoms with E-state index in [4.69, 9.17) is 5.11 Å². The predicted molar refractivity (Wildman–Crippen MR) is 64.9 cm³/mol. The molecule has 1 aromatic carbocycles. The van der Waals surface area contributed by atoms with E-state index >= 15 is 0 Å². The van der Waals surface area contributed by atoms with Crippen molar-refractivity contribution in [3.63, 3.8) is 0 Å². The van der Waals surface area contributed by atoms with Crippen LogP contribution < -0.4 is 0 Å². The summed E-state index contributed by atoms with van der Waals surface area (Å²) in [6.45, 7) is 3.01. The molecule has 0 radical (unpaired) electrons. The highest BCUT2D eigenvalue weighted by atomic mass is 19.1. The maximum atomic E-state index is 13.6. The van der Waals surface area contributed by atoms with Crippen molar-refractivity contribution in [2.75, 3.05) is 7.05 Å². The fourth-order valence-electron chi connectivity index (χ4n) is 1.77. The van der Waals surface area contributed by atoms with Crippen LogP contribution in [0.1, 0.15) is 29.3 Å². The zero-order chi connectivity index (χ0) is 14.7. The molecule has 1 amide bonds. The van der Waals surface area contributed by atoms with Crippen LogP contribution in [-0.4, -0.2) is 35.0 Å². The average molecular weight is 271 g/mol. The van der Waals surface area contributed by atoms with Crippen LogP contribution in [-0.2, 0) is 4.79 Å². The summed E-state index contributed by atoms with van der Waals surface area (Å²) in [7, 11) is 1.28. The summed E-state index contributed by atoms with van der Waals surface area (Å²) < 4.78 is 26.7. The Bertz CT molecular complexity index is 517. The number of carboxylic acids is 1. The largest absolute Gasteiger partial charge is 0.480 e. The molecule has 1 rings (SSSR count). The van der Waals surface area contributed by atoms with E-state index in [1.54, 1.807) is 6.92 Å². The molecule has 0 aliphatic heterocycles. The molecule has 0 saturated carbocycles. The number of aryl methyl sites for hydroxylation is 1. The molecule has 1 unspecified atom stereocenters. The molecule has 104 valence electrons. The van der Waals surface area contributed by atoms with Gasteiger partial charge < -0.3 is 10.0 Å². The Labute approximate surface area is 109 Å². The minimum atomic E-state index is -1.17. The molecule has 0 aliphatic rings. The molecule has 0 heterocycles. The van der Waals surface area contributed by atoms with Crippen LogP contribution >= 0.6 is 0 Å². The maximum Gasteiger partial charge on any atom is 0.326 e. The molecule has 0 aromatic heterocycles. The Balaban J connectivity index is 3.13. The van der Waals surface area contributed by atoms with E-state index in [0.29, 0.717) is 6.07 Å². The Morgan fingerprint density at radius 3 is 2.37 bits per heavy atom. The fourth-order valence-corrected chi connectivity index (χ4v) is 1.77. The molecule has 0 bridgehead atoms. The lowest BCUT2D eigenvalue weighted by molar-refractivity contribution is -0.142. The summed E-state index contributed by atoms with van der Waals surface area (Å²) in [5, 5.41) is 8.96. The Hall–Kier alpha value is -1.98. The second kappa shape index (κ2) is 5.77. The number of nitrogens with zero attached hydrogens (tertiary/aromatic N) is 1. The van der Waals surface area contributed by atoms with Crippen LogP contribution in [0.4, 0.5) is 8.78 Å². The van der Waals surface area contributed by atoms with E-state index in [0.717, 1.165) is 11.0 Å². The smallest absolute Gasteiger partial charge is 0.326 e. The monoisotopic (exact) mass is 271 g/mol. The van der Waals surface area contributed by atoms with Crippen molar-refractivity contribution in [3.05, 3.63) is 34.9 Å². The summed E-state index contributed by atoms with van der Waals surface area (Å²) in [4.78, 5) is 23.9. The SMILES string of the molecule is CCC(C(=O)O)N(C)C(=O)c1cc(C)c(F)cc1F. The number of carbonyl (C=O) groups is 2. The number of carboxylic acid groups (broad SMARTS) is 1. The van der Waals surface area contributed by atoms with Gasteiger partial charge in [-0.3, -0.25) is 4.79 Å². The van der Waals surface area contributed by atoms with Crippen LogP contribution in [0.15, 0.2) is 12.1 Å². The van der Waals surface area contributed by atoms with Crippen molar-refractivity contribution in [2.24, 2.45) is 0 Å². The second-order valence-corrected chi connectivity index (χ2v) is 4.26. The zero-order valence-corrected chi connectivity index (χ0v) is 10.9. The molecule has 1 aromatic rings. The minimum absolute atomic E-state index is 0.126. The number of amides is 1. The number of likely N-dealkylation sites (N-methyl/N-ethyl adjacent to an activating group) is 1. The lowest BCUT2D eigenvalue weighted by Gasteiger charge is -2.24. The van der Waals surface area contributed by atoms with Crippen molar-refractivity contribution in [3.8, 4) is 0 Å². The standard InChI is InChI=1S/C13H15F2NO3/c1-4-11(13(18)19)16(3)12(17)8-5-7(2)9(14)6-10(8)15/h5-6,11H,4H2,1-3H3,(H,18,19). The first-order chi connectivity index (χ1) is 8.79. The predicted octanol–water partition coefficient (Wildman–Crippen LogP) is 2.21. The van der Waals surface area contributed by atoms with Gasteiger partial charge in [0.15, 0.2) is 0 Å². The fraction of sp³-hybridized carbons (Fsp3) is 0.385. The number of rotatable bonds is 4. The zero-order valence-electron chi connectivity index (χ0n) is 10.9. The highest BCUT2D eigenvalue weighted by Crippen LogP contribution is 2.17. The van der Waals surface area contributed by atoms with Crippen molar-refractivity contribution in [1.82, 2.24) is 4.90 Å². The van der Waals surface area contributed by atoms with Crippen LogP contribution in [0.3, 0.4) is 0 Å². The molecule has 6 heteroatoms. The first-order valence-corrected chi connectivity index (χ1v) is 5.75. The third kappa shape index (κ3) is 3.07. The lowest BCUT2D eigenvalue weighted by atomic mass is 10.1. The van der Waals surface area contributed by atoms with Crippen molar-refractivity contribution >= 4 is 11.9 Å². The Kier molecular flexibility index (Phi) is 4.58. The van der Waals surface area contributed by atoms with Crippen molar-refractivity contribution in [2.45, 2.75) is 26.3 Å². The first kappa shape index (κ1) is 15.1. The van der Waals surface area contributed by atoms with Gasteiger partial charge in [0.2, 0.25) is 0 Å². The molecule has 4 nitrogen and oxygen atoms in total. The van der Waals surface area contributed by atoms with Crippen LogP contribution in [0, 0.1) is 18.6 Å². The number of hydrogen-bond acceptors (Lipinski definition) is 2. The number of halogens is 2. The summed E-state index contributed by atoms with van der Waals surface area (Å²) in [5.41, 5.74) is -0.206. The van der Waals surface area contributed by atoms with Gasteiger partial charge in [0.25, 0.3) is 5.91 Å². The van der Waals surface area contributed by atoms with E-state index in [9.17, 15) is 18.4 Å². The molecule has 0 saturated heterocycles. The highest BCUT2D eigenvalue weighted by molar-refractivity contribution is 5.96. The highest BCUT2D eigenvalue weighted by Gasteiger charge is 2.27. The summed E-state index contributed by atoms with van der Waals surface area (Å²) in [6.07, 6.45) is 0.194. The van der Waals surface area contributed by atoms with Gasteiger partial charge in [0, 0.05) is 13.1 Å². The molecule has 0 spiro atoms. The van der Waals surface area contributed by atoms with Gasteiger partial charge in [-0.05, 0) is 25.0 Å². The number of carbonyl (C=O) groups excluding carboxylic acids is 1. The van der Waals surface area contributed by atoms with Gasteiger partial charge >= 0.3 is 5.97 Å². The second-order valence-electron chi connectivity index (χ2n) is 4.26. The molecule has 1 N–H and O–H groups in total. The molecule has 0 aliphatic carbocycles. The van der Waals surface area contributed by atoms with E-state index < -0.39 is 29.6 Å². The first-order valence-electron chi connectivity index (χ1n) is 5.75. The molecule has 0 fully saturated rings. The van der Waals surface area contributed by atoms with Crippen LogP contribution in [0.25, 0.3) is 0 Å². The average Bonchev–Trinajstić information content (AvgIpc) is 2.33. The van der Waals surface area contributed by atoms with E-state index in [-0.39, 0.29) is 17.5 Å². The minimum Gasteiger partial charge on any atom is -0.480 e. The van der Waals surface area contributed by atoms with Crippen molar-refractivity contribution in [1.29, 1.82) is 0 Å². The van der Waals surface area contributed by atoms with Gasteiger partial charge in [-0.15, -0.1) is 0 Å². The summed E-state index contributed by atoms with van der Waals surface area (Å²) >= 11 is 0. The van der Waals surface area contributed by atoms with E-state index in [1.807, 2.05) is 0 Å². The van der Waals surface area contributed by atoms with Crippen molar-refractivity contribution < 1.29 is 23.5 Å². The molecule has 1 atom stereocenters. The third-order valence-electron chi connectivity index (χ3n) is 2.94. The van der Waals surface area contributed by atoms with Gasteiger partial charge in [0.05, 0.1) is 5.56 Å². The number of aliphatic carboxylic acids is 1. The molecular formula is C13H15F2NO3. The van der Waals surface area contributed by atoms with Gasteiger partial charge in [-0.2, -0.15) is 0 Å². The van der Waals surface area contributed by atoms with Gasteiger partial charge in [-0.1, -0.05) is 6.92 Å². The normalized spacial score (nSPS) is 12.1. The molecular weight excluding hydrogens is 256 g/mol. The summed E-state index contributed by atoms with van der Waals surface area (Å²) in [6, 6.07) is 0.660. The lowest BCUT2D eigenvalue weighted by Crippen LogP contribution is -2.42. The quantitative estimate of drug-likeness (QED) is 0.913. The molecule has 19 heavy (non-hydrogen) atoms. The topological polar surface area (TPSA) is 57.6 Å². The van der Waals surface area contributed by atoms with Gasteiger partial charge in [0.1, 0.15) is 17.7 Å². The van der Waals surface area contributed by atoms with E-state index in [2.05, 4.69) is 0 Å². The Morgan fingerprint density at radius 1 is 1.32 bits per heavy atom. The number of benzene rings is 1. The maximum absolute atomic E-state index is 13.6. The number of hydrogen-bond donors (Lipinski definition) is 1. The van der Waals surface area contributed by atoms with Crippen LogP contribution in [0.5, 0.6) is 0 Å². The Morgan fingerprint density at radius 2 is 1.89 bits per heavy atom. The van der Waals surface area contributed by atoms with Crippen LogP contribution in [0.2, 0.25) is 0 Å². The van der Waals surface area contributed by atoms with Gasteiger partial charge in [-0.25, -0.2) is 13.6 Å². The van der Waals surface area contributed by atoms with E-state index in [1.165, 1.54) is 14.0 Å². The third-order valence-corrected chi connectivity index (χ3v) is 2.94.